The van der Waals surface area contributed by atoms with Crippen molar-refractivity contribution in [2.75, 3.05) is 0 Å². The van der Waals surface area contributed by atoms with Gasteiger partial charge in [-0.3, -0.25) is 0 Å². The molecule has 0 spiro atoms. The number of phenols is 1. The Balaban J connectivity index is 2.09. The van der Waals surface area contributed by atoms with Crippen LogP contribution in [-0.4, -0.2) is 14.6 Å². The number of aryl methyl sites for hydroxylation is 3. The highest BCUT2D eigenvalue weighted by atomic mass is 28.2. The molecule has 0 aliphatic carbocycles. The first-order valence-corrected chi connectivity index (χ1v) is 9.46. The van der Waals surface area contributed by atoms with E-state index in [1.807, 2.05) is 13.8 Å². The van der Waals surface area contributed by atoms with Crippen molar-refractivity contribution in [2.45, 2.75) is 47.1 Å². The van der Waals surface area contributed by atoms with Crippen LogP contribution < -0.4 is 5.19 Å². The van der Waals surface area contributed by atoms with Crippen LogP contribution in [0.15, 0.2) is 24.3 Å². The molecule has 21 heavy (non-hydrogen) atoms. The maximum Gasteiger partial charge on any atom is 0.121 e. The van der Waals surface area contributed by atoms with Crippen LogP contribution in [0, 0.1) is 34.6 Å². The van der Waals surface area contributed by atoms with Gasteiger partial charge in [-0.25, -0.2) is 0 Å². The molecule has 0 unspecified atom stereocenters. The lowest BCUT2D eigenvalue weighted by Gasteiger charge is -2.13. The zero-order chi connectivity index (χ0) is 15.6. The Kier molecular flexibility index (Phi) is 4.89. The van der Waals surface area contributed by atoms with Crippen molar-refractivity contribution in [2.24, 2.45) is 0 Å². The third-order valence-corrected chi connectivity index (χ3v) is 6.78. The summed E-state index contributed by atoms with van der Waals surface area (Å²) >= 11 is 0. The van der Waals surface area contributed by atoms with Crippen LogP contribution in [0.5, 0.6) is 5.75 Å². The SMILES string of the molecule is Cc1cccc([SiH2]CCc2cc(C)c(O)c(C)c2C)c1C. The minimum Gasteiger partial charge on any atom is -0.507 e. The topological polar surface area (TPSA) is 20.2 Å². The molecule has 0 aliphatic heterocycles. The number of hydrogen-bond donors (Lipinski definition) is 1. The highest BCUT2D eigenvalue weighted by Crippen LogP contribution is 2.28. The molecule has 0 atom stereocenters. The number of benzene rings is 2. The van der Waals surface area contributed by atoms with E-state index in [0.717, 1.165) is 17.5 Å². The largest absolute Gasteiger partial charge is 0.507 e. The summed E-state index contributed by atoms with van der Waals surface area (Å²) in [6.45, 7) is 10.6. The van der Waals surface area contributed by atoms with Crippen LogP contribution in [0.3, 0.4) is 0 Å². The molecular weight excluding hydrogens is 272 g/mol. The lowest BCUT2D eigenvalue weighted by atomic mass is 9.97. The molecule has 2 aromatic carbocycles. The zero-order valence-corrected chi connectivity index (χ0v) is 15.3. The molecule has 0 fully saturated rings. The van der Waals surface area contributed by atoms with Crippen LogP contribution in [0.1, 0.15) is 33.4 Å². The van der Waals surface area contributed by atoms with Gasteiger partial charge in [0, 0.05) is 0 Å². The molecule has 0 saturated carbocycles. The number of aromatic hydroxyl groups is 1. The van der Waals surface area contributed by atoms with E-state index in [9.17, 15) is 5.11 Å². The van der Waals surface area contributed by atoms with Gasteiger partial charge in [-0.05, 0) is 74.4 Å². The first-order chi connectivity index (χ1) is 9.91. The maximum atomic E-state index is 9.99. The molecule has 0 amide bonds. The van der Waals surface area contributed by atoms with Gasteiger partial charge in [0.2, 0.25) is 0 Å². The first kappa shape index (κ1) is 15.8. The summed E-state index contributed by atoms with van der Waals surface area (Å²) in [7, 11) is -0.218. The van der Waals surface area contributed by atoms with Gasteiger partial charge in [0.25, 0.3) is 0 Å². The van der Waals surface area contributed by atoms with Crippen molar-refractivity contribution in [1.29, 1.82) is 0 Å². The molecule has 1 nitrogen and oxygen atoms in total. The van der Waals surface area contributed by atoms with Crippen molar-refractivity contribution in [1.82, 2.24) is 0 Å². The fourth-order valence-corrected chi connectivity index (χ4v) is 4.86. The highest BCUT2D eigenvalue weighted by molar-refractivity contribution is 6.54. The van der Waals surface area contributed by atoms with Crippen LogP contribution in [-0.2, 0) is 6.42 Å². The van der Waals surface area contributed by atoms with Gasteiger partial charge in [0.1, 0.15) is 5.75 Å². The highest BCUT2D eigenvalue weighted by Gasteiger charge is 2.09. The molecule has 0 heterocycles. The third-order valence-electron chi connectivity index (χ3n) is 4.77. The van der Waals surface area contributed by atoms with E-state index in [2.05, 4.69) is 45.0 Å². The third kappa shape index (κ3) is 3.38. The average Bonchev–Trinajstić information content (AvgIpc) is 2.46. The molecule has 0 aromatic heterocycles. The lowest BCUT2D eigenvalue weighted by molar-refractivity contribution is 0.466. The minimum absolute atomic E-state index is 0.218. The summed E-state index contributed by atoms with van der Waals surface area (Å²) in [6.07, 6.45) is 1.13. The first-order valence-electron chi connectivity index (χ1n) is 7.75. The van der Waals surface area contributed by atoms with Gasteiger partial charge >= 0.3 is 0 Å². The summed E-state index contributed by atoms with van der Waals surface area (Å²) in [6, 6.07) is 10.1. The summed E-state index contributed by atoms with van der Waals surface area (Å²) < 4.78 is 0. The molecule has 0 aliphatic rings. The van der Waals surface area contributed by atoms with Crippen LogP contribution in [0.25, 0.3) is 0 Å². The average molecular weight is 299 g/mol. The molecule has 2 aromatic rings. The summed E-state index contributed by atoms with van der Waals surface area (Å²) in [5.41, 5.74) is 7.60. The molecule has 0 radical (unpaired) electrons. The van der Waals surface area contributed by atoms with E-state index in [1.165, 1.54) is 28.3 Å². The van der Waals surface area contributed by atoms with Crippen molar-refractivity contribution in [3.05, 3.63) is 57.6 Å². The van der Waals surface area contributed by atoms with E-state index in [-0.39, 0.29) is 9.52 Å². The Bertz CT molecular complexity index is 659. The van der Waals surface area contributed by atoms with Crippen LogP contribution in [0.2, 0.25) is 6.04 Å². The van der Waals surface area contributed by atoms with Crippen molar-refractivity contribution < 1.29 is 5.11 Å². The molecule has 112 valence electrons. The standard InChI is InChI=1S/C19H26OSi/c1-12-7-6-8-18(14(12)3)21-10-9-17-11-13(2)19(20)16(5)15(17)4/h6-8,11,20H,9-10,21H2,1-5H3. The molecule has 2 rings (SSSR count). The summed E-state index contributed by atoms with van der Waals surface area (Å²) in [5.74, 6) is 0.461. The Morgan fingerprint density at radius 1 is 0.905 bits per heavy atom. The fraction of sp³-hybridized carbons (Fsp3) is 0.368. The monoisotopic (exact) mass is 298 g/mol. The van der Waals surface area contributed by atoms with Gasteiger partial charge in [0.15, 0.2) is 0 Å². The maximum absolute atomic E-state index is 9.99. The summed E-state index contributed by atoms with van der Waals surface area (Å²) in [5, 5.41) is 11.6. The Morgan fingerprint density at radius 2 is 1.62 bits per heavy atom. The van der Waals surface area contributed by atoms with Crippen LogP contribution in [0.4, 0.5) is 0 Å². The van der Waals surface area contributed by atoms with Gasteiger partial charge in [-0.15, -0.1) is 0 Å². The molecule has 0 bridgehead atoms. The van der Waals surface area contributed by atoms with E-state index in [1.54, 1.807) is 5.19 Å². The van der Waals surface area contributed by atoms with Gasteiger partial charge < -0.3 is 5.11 Å². The van der Waals surface area contributed by atoms with E-state index >= 15 is 0 Å². The van der Waals surface area contributed by atoms with Gasteiger partial charge in [-0.2, -0.15) is 0 Å². The van der Waals surface area contributed by atoms with Crippen molar-refractivity contribution in [3.63, 3.8) is 0 Å². The van der Waals surface area contributed by atoms with Crippen molar-refractivity contribution >= 4 is 14.7 Å². The Labute approximate surface area is 130 Å². The van der Waals surface area contributed by atoms with Gasteiger partial charge in [0.05, 0.1) is 9.52 Å². The van der Waals surface area contributed by atoms with E-state index in [0.29, 0.717) is 5.75 Å². The normalized spacial score (nSPS) is 11.5. The minimum atomic E-state index is -0.218. The smallest absolute Gasteiger partial charge is 0.121 e. The van der Waals surface area contributed by atoms with Crippen LogP contribution >= 0.6 is 0 Å². The fourth-order valence-electron chi connectivity index (χ4n) is 2.96. The predicted molar refractivity (Wildman–Crippen MR) is 94.9 cm³/mol. The molecule has 1 N–H and O–H groups in total. The Morgan fingerprint density at radius 3 is 2.33 bits per heavy atom. The molecule has 2 heteroatoms. The second-order valence-electron chi connectivity index (χ2n) is 6.16. The Hall–Kier alpha value is -1.54. The lowest BCUT2D eigenvalue weighted by Crippen LogP contribution is -2.18. The van der Waals surface area contributed by atoms with Crippen molar-refractivity contribution in [3.8, 4) is 5.75 Å². The molecular formula is C19H26OSi. The number of hydrogen-bond acceptors (Lipinski definition) is 1. The number of phenolic OH excluding ortho intramolecular Hbond substituents is 1. The molecule has 0 saturated heterocycles. The van der Waals surface area contributed by atoms with E-state index in [4.69, 9.17) is 0 Å². The summed E-state index contributed by atoms with van der Waals surface area (Å²) in [4.78, 5) is 0. The quantitative estimate of drug-likeness (QED) is 0.858. The second kappa shape index (κ2) is 6.48. The van der Waals surface area contributed by atoms with E-state index < -0.39 is 0 Å². The zero-order valence-electron chi connectivity index (χ0n) is 13.9. The number of rotatable bonds is 4. The van der Waals surface area contributed by atoms with Gasteiger partial charge in [-0.1, -0.05) is 35.5 Å². The predicted octanol–water partition coefficient (Wildman–Crippen LogP) is 3.39. The second-order valence-corrected chi connectivity index (χ2v) is 8.13.